The topological polar surface area (TPSA) is 78.9 Å². The van der Waals surface area contributed by atoms with E-state index in [1.165, 1.54) is 161 Å². The average Bonchev–Trinajstić information content (AvgIpc) is 3.33. The quantitative estimate of drug-likeness (QED) is 0.0262. The summed E-state index contributed by atoms with van der Waals surface area (Å²) in [4.78, 5) is 38.0. The second-order valence-corrected chi connectivity index (χ2v) is 19.2. The second-order valence-electron chi connectivity index (χ2n) is 19.2. The molecule has 0 saturated carbocycles. The number of carbonyl (C=O) groups excluding carboxylic acids is 3. The van der Waals surface area contributed by atoms with Crippen LogP contribution in [-0.4, -0.2) is 37.2 Å². The van der Waals surface area contributed by atoms with Crippen molar-refractivity contribution >= 4 is 17.9 Å². The molecule has 0 aliphatic carbocycles. The molecule has 0 aromatic carbocycles. The number of hydrogen-bond donors (Lipinski definition) is 0. The van der Waals surface area contributed by atoms with E-state index in [0.717, 1.165) is 89.9 Å². The Bertz CT molecular complexity index is 1210. The summed E-state index contributed by atoms with van der Waals surface area (Å²) in [5.41, 5.74) is 0. The maximum atomic E-state index is 12.8. The van der Waals surface area contributed by atoms with Gasteiger partial charge in [0, 0.05) is 19.3 Å². The van der Waals surface area contributed by atoms with Crippen LogP contribution in [0.5, 0.6) is 0 Å². The first kappa shape index (κ1) is 64.1. The van der Waals surface area contributed by atoms with Gasteiger partial charge >= 0.3 is 17.9 Å². The lowest BCUT2D eigenvalue weighted by atomic mass is 10.0. The lowest BCUT2D eigenvalue weighted by Crippen LogP contribution is -2.30. The van der Waals surface area contributed by atoms with Gasteiger partial charge in [0.05, 0.1) is 0 Å². The van der Waals surface area contributed by atoms with Gasteiger partial charge in [0.25, 0.3) is 0 Å². The highest BCUT2D eigenvalue weighted by atomic mass is 16.6. The van der Waals surface area contributed by atoms with Crippen LogP contribution >= 0.6 is 0 Å². The Morgan fingerprint density at radius 3 is 0.925 bits per heavy atom. The third kappa shape index (κ3) is 53.9. The van der Waals surface area contributed by atoms with Crippen LogP contribution in [0.4, 0.5) is 0 Å². The van der Waals surface area contributed by atoms with Gasteiger partial charge in [-0.05, 0) is 83.5 Å². The number of allylic oxidation sites excluding steroid dienone is 10. The van der Waals surface area contributed by atoms with Crippen molar-refractivity contribution in [3.05, 3.63) is 60.8 Å². The van der Waals surface area contributed by atoms with Gasteiger partial charge in [-0.1, -0.05) is 248 Å². The lowest BCUT2D eigenvalue weighted by molar-refractivity contribution is -0.167. The lowest BCUT2D eigenvalue weighted by Gasteiger charge is -2.18. The van der Waals surface area contributed by atoms with Crippen molar-refractivity contribution in [1.29, 1.82) is 0 Å². The first-order valence-corrected chi connectivity index (χ1v) is 28.8. The molecule has 0 N–H and O–H groups in total. The Balaban J connectivity index is 4.18. The number of unbranched alkanes of at least 4 members (excludes halogenated alkanes) is 31. The van der Waals surface area contributed by atoms with Crippen molar-refractivity contribution in [3.8, 4) is 0 Å². The minimum atomic E-state index is -0.775. The van der Waals surface area contributed by atoms with Gasteiger partial charge in [-0.25, -0.2) is 0 Å². The minimum absolute atomic E-state index is 0.0754. The van der Waals surface area contributed by atoms with Crippen molar-refractivity contribution in [3.63, 3.8) is 0 Å². The zero-order valence-corrected chi connectivity index (χ0v) is 44.4. The highest BCUT2D eigenvalue weighted by molar-refractivity contribution is 5.71. The number of hydrogen-bond acceptors (Lipinski definition) is 6. The Labute approximate surface area is 415 Å². The number of carbonyl (C=O) groups is 3. The van der Waals surface area contributed by atoms with E-state index >= 15 is 0 Å². The Hall–Kier alpha value is -2.89. The van der Waals surface area contributed by atoms with Crippen molar-refractivity contribution < 1.29 is 28.6 Å². The SMILES string of the molecule is CC/C=C\C/C=C\C/C=C\C/C=C\CCCCCCCCCCCCCCC(=O)OCC(COC(=O)CCCCCCCCCC)OC(=O)CCCCCCC/C=C\CCCCCCCCC. The van der Waals surface area contributed by atoms with Crippen LogP contribution in [0.25, 0.3) is 0 Å². The summed E-state index contributed by atoms with van der Waals surface area (Å²) < 4.78 is 16.8. The largest absolute Gasteiger partial charge is 0.462 e. The van der Waals surface area contributed by atoms with E-state index in [2.05, 4.69) is 81.5 Å². The van der Waals surface area contributed by atoms with Crippen molar-refractivity contribution in [2.45, 2.75) is 297 Å². The summed E-state index contributed by atoms with van der Waals surface area (Å²) >= 11 is 0. The van der Waals surface area contributed by atoms with Gasteiger partial charge in [0.2, 0.25) is 0 Å². The van der Waals surface area contributed by atoms with Gasteiger partial charge in [-0.15, -0.1) is 0 Å². The fraction of sp³-hybridized carbons (Fsp3) is 0.787. The fourth-order valence-corrected chi connectivity index (χ4v) is 8.19. The van der Waals surface area contributed by atoms with E-state index in [4.69, 9.17) is 14.2 Å². The molecule has 67 heavy (non-hydrogen) atoms. The van der Waals surface area contributed by atoms with Gasteiger partial charge in [-0.2, -0.15) is 0 Å². The highest BCUT2D eigenvalue weighted by Crippen LogP contribution is 2.16. The van der Waals surface area contributed by atoms with Crippen LogP contribution in [0, 0.1) is 0 Å². The van der Waals surface area contributed by atoms with Crippen LogP contribution in [-0.2, 0) is 28.6 Å². The summed E-state index contributed by atoms with van der Waals surface area (Å²) in [5.74, 6) is -0.880. The molecule has 1 atom stereocenters. The molecule has 6 nitrogen and oxygen atoms in total. The molecule has 0 fully saturated rings. The van der Waals surface area contributed by atoms with Crippen LogP contribution in [0.15, 0.2) is 60.8 Å². The van der Waals surface area contributed by atoms with E-state index in [9.17, 15) is 14.4 Å². The normalized spacial score (nSPS) is 12.5. The molecule has 0 amide bonds. The number of ether oxygens (including phenoxy) is 3. The van der Waals surface area contributed by atoms with Gasteiger partial charge in [-0.3, -0.25) is 14.4 Å². The molecule has 0 aliphatic rings. The smallest absolute Gasteiger partial charge is 0.306 e. The van der Waals surface area contributed by atoms with Gasteiger partial charge < -0.3 is 14.2 Å². The Morgan fingerprint density at radius 1 is 0.313 bits per heavy atom. The maximum Gasteiger partial charge on any atom is 0.306 e. The average molecular weight is 938 g/mol. The van der Waals surface area contributed by atoms with E-state index in [-0.39, 0.29) is 31.1 Å². The van der Waals surface area contributed by atoms with Crippen LogP contribution < -0.4 is 0 Å². The van der Waals surface area contributed by atoms with Crippen LogP contribution in [0.1, 0.15) is 290 Å². The number of esters is 3. The molecule has 0 saturated heterocycles. The fourth-order valence-electron chi connectivity index (χ4n) is 8.19. The zero-order chi connectivity index (χ0) is 48.6. The standard InChI is InChI=1S/C61H108O6/c1-4-7-10-13-16-19-21-23-25-27-28-29-30-31-32-33-34-35-37-38-40-42-45-48-51-54-60(63)66-57-58(56-65-59(62)53-50-47-44-18-15-12-9-6-3)67-61(64)55-52-49-46-43-41-39-36-26-24-22-20-17-14-11-8-5-2/h7,10,16,19,23,25-26,28-29,36,58H,4-6,8-9,11-15,17-18,20-22,24,27,30-35,37-57H2,1-3H3/b10-7-,19-16-,25-23-,29-28-,36-26-. The zero-order valence-electron chi connectivity index (χ0n) is 44.4. The molecular weight excluding hydrogens is 829 g/mol. The van der Waals surface area contributed by atoms with E-state index in [1.807, 2.05) is 0 Å². The third-order valence-corrected chi connectivity index (χ3v) is 12.5. The van der Waals surface area contributed by atoms with Gasteiger partial charge in [0.1, 0.15) is 13.2 Å². The molecule has 0 radical (unpaired) electrons. The molecule has 0 heterocycles. The van der Waals surface area contributed by atoms with E-state index in [1.54, 1.807) is 0 Å². The summed E-state index contributed by atoms with van der Waals surface area (Å²) in [5, 5.41) is 0. The molecule has 0 rings (SSSR count). The van der Waals surface area contributed by atoms with E-state index < -0.39 is 6.10 Å². The Morgan fingerprint density at radius 2 is 0.582 bits per heavy atom. The predicted molar refractivity (Wildman–Crippen MR) is 288 cm³/mol. The molecule has 0 aromatic heterocycles. The highest BCUT2D eigenvalue weighted by Gasteiger charge is 2.19. The number of rotatable bonds is 52. The Kier molecular flexibility index (Phi) is 53.3. The molecular formula is C61H108O6. The molecule has 6 heteroatoms. The molecule has 0 aromatic rings. The van der Waals surface area contributed by atoms with Crippen molar-refractivity contribution in [2.24, 2.45) is 0 Å². The first-order valence-electron chi connectivity index (χ1n) is 28.8. The van der Waals surface area contributed by atoms with Crippen molar-refractivity contribution in [1.82, 2.24) is 0 Å². The second kappa shape index (κ2) is 55.7. The summed E-state index contributed by atoms with van der Waals surface area (Å²) in [7, 11) is 0. The molecule has 0 spiro atoms. The molecule has 388 valence electrons. The minimum Gasteiger partial charge on any atom is -0.462 e. The monoisotopic (exact) mass is 937 g/mol. The van der Waals surface area contributed by atoms with Gasteiger partial charge in [0.15, 0.2) is 6.10 Å². The van der Waals surface area contributed by atoms with Crippen molar-refractivity contribution in [2.75, 3.05) is 13.2 Å². The van der Waals surface area contributed by atoms with Crippen LogP contribution in [0.2, 0.25) is 0 Å². The first-order chi connectivity index (χ1) is 33.0. The molecule has 0 bridgehead atoms. The molecule has 0 aliphatic heterocycles. The summed E-state index contributed by atoms with van der Waals surface area (Å²) in [6, 6.07) is 0. The summed E-state index contributed by atoms with van der Waals surface area (Å²) in [6.07, 6.45) is 69.4. The summed E-state index contributed by atoms with van der Waals surface area (Å²) in [6.45, 7) is 6.51. The molecule has 1 unspecified atom stereocenters. The third-order valence-electron chi connectivity index (χ3n) is 12.5. The predicted octanol–water partition coefficient (Wildman–Crippen LogP) is 19.2. The van der Waals surface area contributed by atoms with Crippen LogP contribution in [0.3, 0.4) is 0 Å². The van der Waals surface area contributed by atoms with E-state index in [0.29, 0.717) is 19.3 Å². The maximum absolute atomic E-state index is 12.8.